The van der Waals surface area contributed by atoms with Crippen LogP contribution in [0.5, 0.6) is 0 Å². The van der Waals surface area contributed by atoms with Crippen LogP contribution in [-0.2, 0) is 49.2 Å². The van der Waals surface area contributed by atoms with Crippen molar-refractivity contribution >= 4 is 19.1 Å². The molecule has 0 bridgehead atoms. The maximum atomic E-state index is 5.24. The predicted molar refractivity (Wildman–Crippen MR) is 89.7 cm³/mol. The van der Waals surface area contributed by atoms with Crippen LogP contribution in [0.25, 0.3) is 0 Å². The first-order chi connectivity index (χ1) is 10.9. The summed E-state index contributed by atoms with van der Waals surface area (Å²) in [6.45, 7) is 10.5. The van der Waals surface area contributed by atoms with Gasteiger partial charge < -0.3 is 13.2 Å². The molecule has 0 heterocycles. The summed E-state index contributed by atoms with van der Waals surface area (Å²) in [6.07, 6.45) is 5.05. The van der Waals surface area contributed by atoms with Gasteiger partial charge in [0.05, 0.1) is 0 Å². The van der Waals surface area contributed by atoms with E-state index in [0.717, 1.165) is 12.8 Å². The molecule has 0 radical (unpaired) electrons. The standard InChI is InChI=1S/2C9H9.2ClH.2Pd/c2*1-2-6-9-7-4-3-5-8-9;;;;/h2*1-5,7-8H,6H2;2*1H;;/q2*-1;;;2*+2/p-2. The van der Waals surface area contributed by atoms with E-state index in [1.54, 1.807) is 12.2 Å². The average Bonchev–Trinajstić information content (AvgIpc) is 2.62. The molecule has 0 aliphatic rings. The van der Waals surface area contributed by atoms with Gasteiger partial charge in [0.25, 0.3) is 0 Å². The van der Waals surface area contributed by atoms with E-state index in [9.17, 15) is 0 Å². The molecule has 0 aliphatic heterocycles. The second-order valence-electron chi connectivity index (χ2n) is 3.85. The Morgan fingerprint density at radius 1 is 0.636 bits per heavy atom. The van der Waals surface area contributed by atoms with E-state index in [-0.39, 0.29) is 0 Å². The fraction of sp³-hybridized carbons (Fsp3) is 0.111. The van der Waals surface area contributed by atoms with Gasteiger partial charge >= 0.3 is 55.4 Å². The number of rotatable bonds is 4. The molecule has 0 aromatic heterocycles. The molecule has 2 aromatic carbocycles. The number of allylic oxidation sites excluding steroid dienone is 2. The number of halogens is 2. The minimum absolute atomic E-state index is 0.862. The molecule has 0 spiro atoms. The Labute approximate surface area is 164 Å². The van der Waals surface area contributed by atoms with Crippen molar-refractivity contribution in [3.8, 4) is 0 Å². The normalized spacial score (nSPS) is 7.91. The fourth-order valence-electron chi connectivity index (χ4n) is 1.50. The first kappa shape index (κ1) is 24.1. The molecular formula is C18H18Cl2Pd2. The molecule has 0 amide bonds. The summed E-state index contributed by atoms with van der Waals surface area (Å²) < 4.78 is 0. The van der Waals surface area contributed by atoms with Crippen molar-refractivity contribution in [1.29, 1.82) is 0 Å². The number of hydrogen-bond donors (Lipinski definition) is 0. The maximum absolute atomic E-state index is 5.24. The van der Waals surface area contributed by atoms with Crippen LogP contribution in [0.3, 0.4) is 0 Å². The van der Waals surface area contributed by atoms with Crippen molar-refractivity contribution in [2.75, 3.05) is 0 Å². The van der Waals surface area contributed by atoms with E-state index in [0.29, 0.717) is 0 Å². The third-order valence-electron chi connectivity index (χ3n) is 2.39. The molecule has 22 heavy (non-hydrogen) atoms. The van der Waals surface area contributed by atoms with Crippen LogP contribution in [0.1, 0.15) is 11.1 Å². The molecule has 0 N–H and O–H groups in total. The topological polar surface area (TPSA) is 0 Å². The van der Waals surface area contributed by atoms with Crippen molar-refractivity contribution < 1.29 is 36.4 Å². The van der Waals surface area contributed by atoms with Crippen molar-refractivity contribution in [2.45, 2.75) is 12.8 Å². The second-order valence-corrected chi connectivity index (χ2v) is 3.85. The van der Waals surface area contributed by atoms with Crippen molar-refractivity contribution in [3.05, 3.63) is 97.1 Å². The molecule has 0 atom stereocenters. The molecule has 0 nitrogen and oxygen atoms in total. The molecule has 0 unspecified atom stereocenters. The van der Waals surface area contributed by atoms with E-state index in [1.165, 1.54) is 11.1 Å². The van der Waals surface area contributed by atoms with Gasteiger partial charge in [0.2, 0.25) is 0 Å². The Bertz CT molecular complexity index is 414. The SMILES string of the molecule is [CH-]=CCc1ccccc1.[CH-]=CCc1ccccc1.[Cl][Pd+].[Cl][Pd+]. The second kappa shape index (κ2) is 20.8. The van der Waals surface area contributed by atoms with E-state index >= 15 is 0 Å². The zero-order valence-corrected chi connectivity index (χ0v) is 16.5. The molecule has 0 saturated carbocycles. The fourth-order valence-corrected chi connectivity index (χ4v) is 1.50. The molecule has 0 fully saturated rings. The van der Waals surface area contributed by atoms with Crippen LogP contribution in [-0.4, -0.2) is 0 Å². The Hall–Kier alpha value is -0.175. The monoisotopic (exact) mass is 516 g/mol. The van der Waals surface area contributed by atoms with Gasteiger partial charge in [-0.2, -0.15) is 0 Å². The van der Waals surface area contributed by atoms with Crippen LogP contribution >= 0.6 is 19.1 Å². The Kier molecular flexibility index (Phi) is 22.8. The summed E-state index contributed by atoms with van der Waals surface area (Å²) in [5.74, 6) is 0. The quantitative estimate of drug-likeness (QED) is 0.354. The summed E-state index contributed by atoms with van der Waals surface area (Å²) in [5.41, 5.74) is 2.53. The summed E-state index contributed by atoms with van der Waals surface area (Å²) in [5, 5.41) is 0. The van der Waals surface area contributed by atoms with Crippen LogP contribution < -0.4 is 0 Å². The molecule has 124 valence electrons. The molecule has 0 aliphatic carbocycles. The van der Waals surface area contributed by atoms with Gasteiger partial charge in [0, 0.05) is 0 Å². The third-order valence-corrected chi connectivity index (χ3v) is 2.39. The first-order valence-corrected chi connectivity index (χ1v) is 10.3. The zero-order chi connectivity index (χ0) is 17.1. The summed E-state index contributed by atoms with van der Waals surface area (Å²) in [6, 6.07) is 20.3. The number of benzene rings is 2. The van der Waals surface area contributed by atoms with E-state index in [4.69, 9.17) is 13.2 Å². The summed E-state index contributed by atoms with van der Waals surface area (Å²) in [7, 11) is 8.98. The predicted octanol–water partition coefficient (Wildman–Crippen LogP) is 5.81. The minimum atomic E-state index is 0.862. The van der Waals surface area contributed by atoms with Crippen molar-refractivity contribution in [2.24, 2.45) is 0 Å². The van der Waals surface area contributed by atoms with E-state index in [2.05, 4.69) is 79.7 Å². The van der Waals surface area contributed by atoms with Gasteiger partial charge in [-0.15, -0.1) is 0 Å². The average molecular weight is 518 g/mol. The molecule has 2 aromatic rings. The van der Waals surface area contributed by atoms with Crippen molar-refractivity contribution in [3.63, 3.8) is 0 Å². The van der Waals surface area contributed by atoms with Crippen LogP contribution in [0.4, 0.5) is 0 Å². The van der Waals surface area contributed by atoms with Gasteiger partial charge in [0.15, 0.2) is 0 Å². The Morgan fingerprint density at radius 3 is 1.14 bits per heavy atom. The zero-order valence-electron chi connectivity index (χ0n) is 11.9. The Balaban J connectivity index is 0. The Morgan fingerprint density at radius 2 is 0.909 bits per heavy atom. The van der Waals surface area contributed by atoms with E-state index in [1.807, 2.05) is 36.4 Å². The van der Waals surface area contributed by atoms with Gasteiger partial charge in [0.1, 0.15) is 0 Å². The van der Waals surface area contributed by atoms with Gasteiger partial charge in [-0.05, 0) is 24.0 Å². The van der Waals surface area contributed by atoms with Gasteiger partial charge in [-0.25, -0.2) is 0 Å². The van der Waals surface area contributed by atoms with Gasteiger partial charge in [-0.3, -0.25) is 12.2 Å². The summed E-state index contributed by atoms with van der Waals surface area (Å²) >= 11 is 4.44. The molecule has 0 saturated heterocycles. The molecular weight excluding hydrogens is 500 g/mol. The molecule has 4 heteroatoms. The third kappa shape index (κ3) is 14.7. The first-order valence-electron chi connectivity index (χ1n) is 6.25. The van der Waals surface area contributed by atoms with Crippen LogP contribution in [0.15, 0.2) is 72.8 Å². The molecule has 2 rings (SSSR count). The van der Waals surface area contributed by atoms with Crippen LogP contribution in [0.2, 0.25) is 0 Å². The van der Waals surface area contributed by atoms with E-state index < -0.39 is 0 Å². The van der Waals surface area contributed by atoms with Gasteiger partial charge in [-0.1, -0.05) is 60.7 Å². The van der Waals surface area contributed by atoms with Crippen LogP contribution in [0, 0.1) is 13.2 Å². The van der Waals surface area contributed by atoms with Crippen molar-refractivity contribution in [1.82, 2.24) is 0 Å². The number of hydrogen-bond acceptors (Lipinski definition) is 0. The summed E-state index contributed by atoms with van der Waals surface area (Å²) in [4.78, 5) is 0.